The molecule has 0 unspecified atom stereocenters. The van der Waals surface area contributed by atoms with Gasteiger partial charge in [0.15, 0.2) is 0 Å². The van der Waals surface area contributed by atoms with Gasteiger partial charge in [-0.15, -0.1) is 0 Å². The van der Waals surface area contributed by atoms with E-state index in [4.69, 9.17) is 0 Å². The van der Waals surface area contributed by atoms with E-state index in [1.807, 2.05) is 0 Å². The number of rotatable bonds is 3. The number of methoxy groups -OCH3 is 1. The Bertz CT molecular complexity index is 266. The van der Waals surface area contributed by atoms with E-state index >= 15 is 0 Å². The van der Waals surface area contributed by atoms with E-state index in [1.165, 1.54) is 13.5 Å². The molecular formula is C11H16O3. The summed E-state index contributed by atoms with van der Waals surface area (Å²) in [6.45, 7) is 1.77. The second-order valence-electron chi connectivity index (χ2n) is 3.60. The van der Waals surface area contributed by atoms with Gasteiger partial charge in [-0.3, -0.25) is 4.79 Å². The molecule has 0 saturated heterocycles. The van der Waals surface area contributed by atoms with Gasteiger partial charge in [0.1, 0.15) is 0 Å². The number of hydrogen-bond donors (Lipinski definition) is 0. The van der Waals surface area contributed by atoms with Crippen molar-refractivity contribution in [1.82, 2.24) is 0 Å². The first-order valence-electron chi connectivity index (χ1n) is 4.98. The van der Waals surface area contributed by atoms with E-state index in [1.54, 1.807) is 6.92 Å². The van der Waals surface area contributed by atoms with E-state index < -0.39 is 11.8 Å². The summed E-state index contributed by atoms with van der Waals surface area (Å²) in [5, 5.41) is 0. The van der Waals surface area contributed by atoms with Crippen LogP contribution in [0, 0.1) is 5.92 Å². The van der Waals surface area contributed by atoms with Gasteiger partial charge in [0.05, 0.1) is 7.11 Å². The van der Waals surface area contributed by atoms with Crippen molar-refractivity contribution < 1.29 is 14.3 Å². The molecule has 0 aliphatic heterocycles. The van der Waals surface area contributed by atoms with Crippen LogP contribution in [0.15, 0.2) is 11.6 Å². The molecule has 1 rings (SSSR count). The maximum atomic E-state index is 11.5. The van der Waals surface area contributed by atoms with Crippen LogP contribution < -0.4 is 0 Å². The van der Waals surface area contributed by atoms with E-state index in [0.717, 1.165) is 24.8 Å². The summed E-state index contributed by atoms with van der Waals surface area (Å²) in [4.78, 5) is 22.5. The average Bonchev–Trinajstić information content (AvgIpc) is 2.27. The number of ether oxygens (including phenoxy) is 1. The van der Waals surface area contributed by atoms with Crippen molar-refractivity contribution in [2.45, 2.75) is 32.6 Å². The topological polar surface area (TPSA) is 43.4 Å². The zero-order valence-electron chi connectivity index (χ0n) is 8.71. The Hall–Kier alpha value is -1.12. The van der Waals surface area contributed by atoms with Gasteiger partial charge in [-0.25, -0.2) is 4.79 Å². The first kappa shape index (κ1) is 11.0. The lowest BCUT2D eigenvalue weighted by molar-refractivity contribution is -0.152. The third-order valence-electron chi connectivity index (χ3n) is 2.66. The van der Waals surface area contributed by atoms with Gasteiger partial charge < -0.3 is 4.74 Å². The summed E-state index contributed by atoms with van der Waals surface area (Å²) in [6.07, 6.45) is 6.33. The number of hydrogen-bond acceptors (Lipinski definition) is 3. The molecule has 0 spiro atoms. The average molecular weight is 196 g/mol. The van der Waals surface area contributed by atoms with Crippen LogP contribution in [0.1, 0.15) is 32.6 Å². The van der Waals surface area contributed by atoms with Crippen LogP contribution in [-0.2, 0) is 14.3 Å². The number of carbonyl (C=O) groups excluding carboxylic acids is 2. The molecule has 0 N–H and O–H groups in total. The molecule has 0 heterocycles. The molecule has 1 atom stereocenters. The standard InChI is InChI=1S/C11H16O3/c1-8(10(12)11(13)14-2)9-6-4-3-5-7-9/h6,8H,3-5,7H2,1-2H3/t8-/m1/s1. The molecule has 0 amide bonds. The van der Waals surface area contributed by atoms with Crippen molar-refractivity contribution in [2.24, 2.45) is 5.92 Å². The zero-order chi connectivity index (χ0) is 10.6. The molecule has 0 aromatic carbocycles. The molecule has 78 valence electrons. The molecule has 0 fully saturated rings. The molecule has 3 heteroatoms. The molecule has 0 aromatic heterocycles. The largest absolute Gasteiger partial charge is 0.463 e. The summed E-state index contributed by atoms with van der Waals surface area (Å²) in [5.41, 5.74) is 1.09. The SMILES string of the molecule is COC(=O)C(=O)[C@H](C)C1=CCCCC1. The third kappa shape index (κ3) is 2.44. The minimum atomic E-state index is -0.732. The van der Waals surface area contributed by atoms with E-state index in [9.17, 15) is 9.59 Å². The predicted octanol–water partition coefficient (Wildman–Crippen LogP) is 1.86. The van der Waals surface area contributed by atoms with E-state index in [-0.39, 0.29) is 5.92 Å². The van der Waals surface area contributed by atoms with Gasteiger partial charge in [0.25, 0.3) is 0 Å². The first-order valence-corrected chi connectivity index (χ1v) is 4.98. The van der Waals surface area contributed by atoms with Crippen LogP contribution in [0.5, 0.6) is 0 Å². The Labute approximate surface area is 84.1 Å². The highest BCUT2D eigenvalue weighted by Crippen LogP contribution is 2.24. The Kier molecular flexibility index (Phi) is 3.86. The second kappa shape index (κ2) is 4.94. The Morgan fingerprint density at radius 2 is 2.14 bits per heavy atom. The summed E-state index contributed by atoms with van der Waals surface area (Å²) >= 11 is 0. The van der Waals surface area contributed by atoms with Crippen molar-refractivity contribution in [2.75, 3.05) is 7.11 Å². The quantitative estimate of drug-likeness (QED) is 0.393. The second-order valence-corrected chi connectivity index (χ2v) is 3.60. The minimum Gasteiger partial charge on any atom is -0.463 e. The van der Waals surface area contributed by atoms with Crippen molar-refractivity contribution >= 4 is 11.8 Å². The first-order chi connectivity index (χ1) is 6.66. The minimum absolute atomic E-state index is 0.303. The molecule has 3 nitrogen and oxygen atoms in total. The van der Waals surface area contributed by atoms with Crippen LogP contribution in [0.3, 0.4) is 0 Å². The molecular weight excluding hydrogens is 180 g/mol. The van der Waals surface area contributed by atoms with Gasteiger partial charge >= 0.3 is 5.97 Å². The molecule has 0 radical (unpaired) electrons. The Morgan fingerprint density at radius 3 is 2.64 bits per heavy atom. The van der Waals surface area contributed by atoms with Crippen molar-refractivity contribution in [3.63, 3.8) is 0 Å². The van der Waals surface area contributed by atoms with Crippen LogP contribution >= 0.6 is 0 Å². The fourth-order valence-corrected chi connectivity index (χ4v) is 1.70. The Balaban J connectivity index is 2.64. The van der Waals surface area contributed by atoms with Gasteiger partial charge in [-0.05, 0) is 25.7 Å². The molecule has 0 bridgehead atoms. The smallest absolute Gasteiger partial charge is 0.374 e. The normalized spacial score (nSPS) is 18.3. The fraction of sp³-hybridized carbons (Fsp3) is 0.636. The highest BCUT2D eigenvalue weighted by atomic mass is 16.5. The summed E-state index contributed by atoms with van der Waals surface area (Å²) in [5.74, 6) is -1.47. The summed E-state index contributed by atoms with van der Waals surface area (Å²) < 4.78 is 4.41. The molecule has 0 aromatic rings. The highest BCUT2D eigenvalue weighted by molar-refractivity contribution is 6.34. The van der Waals surface area contributed by atoms with Gasteiger partial charge in [0.2, 0.25) is 5.78 Å². The summed E-state index contributed by atoms with van der Waals surface area (Å²) in [6, 6.07) is 0. The number of carbonyl (C=O) groups is 2. The number of esters is 1. The van der Waals surface area contributed by atoms with Crippen LogP contribution in [0.4, 0.5) is 0 Å². The van der Waals surface area contributed by atoms with Crippen LogP contribution in [-0.4, -0.2) is 18.9 Å². The van der Waals surface area contributed by atoms with Crippen LogP contribution in [0.25, 0.3) is 0 Å². The maximum absolute atomic E-state index is 11.5. The van der Waals surface area contributed by atoms with Gasteiger partial charge in [0, 0.05) is 5.92 Å². The predicted molar refractivity (Wildman–Crippen MR) is 52.7 cm³/mol. The lowest BCUT2D eigenvalue weighted by Gasteiger charge is -2.17. The molecule has 1 aliphatic rings. The third-order valence-corrected chi connectivity index (χ3v) is 2.66. The van der Waals surface area contributed by atoms with E-state index in [0.29, 0.717) is 0 Å². The Morgan fingerprint density at radius 1 is 1.43 bits per heavy atom. The molecule has 0 saturated carbocycles. The van der Waals surface area contributed by atoms with Crippen molar-refractivity contribution in [3.8, 4) is 0 Å². The lowest BCUT2D eigenvalue weighted by Crippen LogP contribution is -2.24. The number of Topliss-reactive ketones (excluding diaryl/α,β-unsaturated/α-hetero) is 1. The van der Waals surface area contributed by atoms with Gasteiger partial charge in [-0.2, -0.15) is 0 Å². The monoisotopic (exact) mass is 196 g/mol. The lowest BCUT2D eigenvalue weighted by atomic mass is 9.88. The molecule has 14 heavy (non-hydrogen) atoms. The van der Waals surface area contributed by atoms with Gasteiger partial charge in [-0.1, -0.05) is 18.6 Å². The number of allylic oxidation sites excluding steroid dienone is 2. The highest BCUT2D eigenvalue weighted by Gasteiger charge is 2.25. The zero-order valence-corrected chi connectivity index (χ0v) is 8.71. The number of ketones is 1. The fourth-order valence-electron chi connectivity index (χ4n) is 1.70. The van der Waals surface area contributed by atoms with Crippen molar-refractivity contribution in [1.29, 1.82) is 0 Å². The van der Waals surface area contributed by atoms with Crippen molar-refractivity contribution in [3.05, 3.63) is 11.6 Å². The summed E-state index contributed by atoms with van der Waals surface area (Å²) in [7, 11) is 1.24. The van der Waals surface area contributed by atoms with E-state index in [2.05, 4.69) is 10.8 Å². The maximum Gasteiger partial charge on any atom is 0.374 e. The van der Waals surface area contributed by atoms with Crippen LogP contribution in [0.2, 0.25) is 0 Å². The molecule has 1 aliphatic carbocycles.